The minimum Gasteiger partial charge on any atom is -0.436 e. The van der Waals surface area contributed by atoms with E-state index < -0.39 is 18.2 Å². The van der Waals surface area contributed by atoms with E-state index in [4.69, 9.17) is 15.5 Å². The monoisotopic (exact) mass is 744 g/mol. The number of nitrogens with zero attached hydrogens (tertiary/aromatic N) is 6. The van der Waals surface area contributed by atoms with E-state index in [1.165, 1.54) is 0 Å². The highest BCUT2D eigenvalue weighted by molar-refractivity contribution is 5.85. The lowest BCUT2D eigenvalue weighted by molar-refractivity contribution is -0.143. The first-order valence-corrected chi connectivity index (χ1v) is 19.0. The van der Waals surface area contributed by atoms with Gasteiger partial charge in [0.15, 0.2) is 6.10 Å². The number of nitrogens with one attached hydrogen (secondary N) is 3. The zero-order valence-corrected chi connectivity index (χ0v) is 31.6. The Balaban J connectivity index is 1.00. The molecule has 0 spiro atoms. The molecule has 14 nitrogen and oxygen atoms in total. The van der Waals surface area contributed by atoms with Crippen LogP contribution in [0.5, 0.6) is 0 Å². The van der Waals surface area contributed by atoms with Gasteiger partial charge in [-0.25, -0.2) is 24.7 Å². The lowest BCUT2D eigenvalue weighted by atomic mass is 10.0. The van der Waals surface area contributed by atoms with E-state index in [-0.39, 0.29) is 35.7 Å². The van der Waals surface area contributed by atoms with E-state index in [2.05, 4.69) is 78.8 Å². The number of likely N-dealkylation sites (tertiary alicyclic amines) is 2. The van der Waals surface area contributed by atoms with E-state index in [1.54, 1.807) is 29.6 Å². The van der Waals surface area contributed by atoms with Gasteiger partial charge < -0.3 is 35.6 Å². The molecule has 0 aliphatic carbocycles. The van der Waals surface area contributed by atoms with Gasteiger partial charge >= 0.3 is 6.09 Å². The predicted molar refractivity (Wildman–Crippen MR) is 208 cm³/mol. The van der Waals surface area contributed by atoms with Gasteiger partial charge in [-0.2, -0.15) is 0 Å². The van der Waals surface area contributed by atoms with Gasteiger partial charge in [-0.15, -0.1) is 0 Å². The predicted octanol–water partition coefficient (Wildman–Crippen LogP) is 6.51. The van der Waals surface area contributed by atoms with E-state index in [0.717, 1.165) is 65.1 Å². The van der Waals surface area contributed by atoms with Crippen molar-refractivity contribution in [3.63, 3.8) is 0 Å². The number of primary amides is 1. The molecule has 5 N–H and O–H groups in total. The lowest BCUT2D eigenvalue weighted by Crippen LogP contribution is -2.45. The second-order valence-corrected chi connectivity index (χ2v) is 14.9. The molecule has 7 rings (SSSR count). The van der Waals surface area contributed by atoms with E-state index in [1.807, 2.05) is 38.8 Å². The number of amides is 3. The van der Waals surface area contributed by atoms with Crippen LogP contribution in [0, 0.1) is 11.8 Å². The van der Waals surface area contributed by atoms with Crippen molar-refractivity contribution in [1.82, 2.24) is 39.7 Å². The van der Waals surface area contributed by atoms with Crippen molar-refractivity contribution < 1.29 is 19.1 Å². The molecule has 5 aromatic rings. The smallest absolute Gasteiger partial charge is 0.405 e. The molecule has 4 atom stereocenters. The molecule has 2 aliphatic rings. The first-order chi connectivity index (χ1) is 26.6. The van der Waals surface area contributed by atoms with Crippen LogP contribution in [0.25, 0.3) is 33.6 Å². The minimum atomic E-state index is -0.958. The number of benzene rings is 2. The average molecular weight is 745 g/mol. The lowest BCUT2D eigenvalue weighted by Gasteiger charge is -2.30. The Hall–Kier alpha value is -6.05. The van der Waals surface area contributed by atoms with Crippen LogP contribution in [0.1, 0.15) is 77.1 Å². The van der Waals surface area contributed by atoms with Gasteiger partial charge in [-0.05, 0) is 65.8 Å². The molecule has 5 heterocycles. The van der Waals surface area contributed by atoms with Crippen LogP contribution in [0.3, 0.4) is 0 Å². The van der Waals surface area contributed by atoms with Gasteiger partial charge in [0.1, 0.15) is 17.7 Å². The summed E-state index contributed by atoms with van der Waals surface area (Å²) < 4.78 is 5.17. The quantitative estimate of drug-likeness (QED) is 0.110. The number of imidazole rings is 2. The maximum atomic E-state index is 13.8. The Bertz CT molecular complexity index is 2100. The molecular weight excluding hydrogens is 697 g/mol. The summed E-state index contributed by atoms with van der Waals surface area (Å²) in [6.07, 6.45) is 8.39. The molecular formula is C41H48N10O4. The van der Waals surface area contributed by atoms with E-state index in [9.17, 15) is 14.4 Å². The molecule has 3 aromatic heterocycles. The summed E-state index contributed by atoms with van der Waals surface area (Å²) in [6, 6.07) is 17.5. The van der Waals surface area contributed by atoms with Crippen molar-refractivity contribution in [3.8, 4) is 33.6 Å². The maximum absolute atomic E-state index is 13.8. The number of nitrogens with two attached hydrogens (primary N) is 1. The maximum Gasteiger partial charge on any atom is 0.405 e. The third-order valence-electron chi connectivity index (χ3n) is 10.5. The number of ether oxygens (including phenoxy) is 1. The van der Waals surface area contributed by atoms with Gasteiger partial charge in [0, 0.05) is 25.5 Å². The third kappa shape index (κ3) is 8.08. The first kappa shape index (κ1) is 37.3. The summed E-state index contributed by atoms with van der Waals surface area (Å²) in [5.41, 5.74) is 11.1. The molecule has 2 fully saturated rings. The minimum absolute atomic E-state index is 0.0206. The Morgan fingerprint density at radius 1 is 0.709 bits per heavy atom. The topological polar surface area (TPSA) is 188 Å². The zero-order chi connectivity index (χ0) is 38.6. The number of rotatable bonds is 12. The molecule has 2 saturated heterocycles. The largest absolute Gasteiger partial charge is 0.436 e. The molecule has 2 aliphatic heterocycles. The van der Waals surface area contributed by atoms with Crippen LogP contribution in [0.2, 0.25) is 0 Å². The highest BCUT2D eigenvalue weighted by atomic mass is 16.6. The van der Waals surface area contributed by atoms with Crippen LogP contribution >= 0.6 is 0 Å². The van der Waals surface area contributed by atoms with Crippen molar-refractivity contribution in [2.75, 3.05) is 18.4 Å². The summed E-state index contributed by atoms with van der Waals surface area (Å²) in [5, 5.41) is 3.24. The van der Waals surface area contributed by atoms with Gasteiger partial charge in [-0.1, -0.05) is 76.2 Å². The molecule has 55 heavy (non-hydrogen) atoms. The Labute approximate surface area is 320 Å². The molecule has 14 heteroatoms. The summed E-state index contributed by atoms with van der Waals surface area (Å²) in [4.78, 5) is 67.1. The van der Waals surface area contributed by atoms with Gasteiger partial charge in [0.25, 0.3) is 5.91 Å². The summed E-state index contributed by atoms with van der Waals surface area (Å²) in [5.74, 6) is 1.52. The van der Waals surface area contributed by atoms with Crippen LogP contribution in [-0.2, 0) is 14.3 Å². The summed E-state index contributed by atoms with van der Waals surface area (Å²) in [7, 11) is 0. The van der Waals surface area contributed by atoms with Crippen LogP contribution in [-0.4, -0.2) is 82.8 Å². The van der Waals surface area contributed by atoms with Crippen molar-refractivity contribution >= 4 is 23.9 Å². The number of carbonyl (C=O) groups is 3. The second kappa shape index (κ2) is 16.1. The Morgan fingerprint density at radius 3 is 1.64 bits per heavy atom. The third-order valence-corrected chi connectivity index (χ3v) is 10.5. The van der Waals surface area contributed by atoms with Gasteiger partial charge in [0.2, 0.25) is 11.9 Å². The highest BCUT2D eigenvalue weighted by Gasteiger charge is 2.39. The molecule has 0 bridgehead atoms. The summed E-state index contributed by atoms with van der Waals surface area (Å²) in [6.45, 7) is 8.93. The van der Waals surface area contributed by atoms with Crippen molar-refractivity contribution in [2.45, 2.75) is 77.6 Å². The molecule has 0 radical (unpaired) electrons. The Morgan fingerprint density at radius 2 is 1.18 bits per heavy atom. The fraction of sp³-hybridized carbons (Fsp3) is 0.390. The molecule has 0 saturated carbocycles. The van der Waals surface area contributed by atoms with Gasteiger partial charge in [-0.3, -0.25) is 9.59 Å². The number of aromatic nitrogens is 6. The van der Waals surface area contributed by atoms with Crippen LogP contribution < -0.4 is 11.1 Å². The van der Waals surface area contributed by atoms with E-state index >= 15 is 0 Å². The summed E-state index contributed by atoms with van der Waals surface area (Å²) >= 11 is 0. The Kier molecular flexibility index (Phi) is 10.9. The number of hydrogen-bond donors (Lipinski definition) is 4. The number of anilines is 1. The van der Waals surface area contributed by atoms with Crippen molar-refractivity contribution in [3.05, 3.63) is 91.0 Å². The van der Waals surface area contributed by atoms with Crippen LogP contribution in [0.15, 0.2) is 79.4 Å². The fourth-order valence-corrected chi connectivity index (χ4v) is 7.58. The fourth-order valence-electron chi connectivity index (χ4n) is 7.58. The molecule has 286 valence electrons. The normalized spacial score (nSPS) is 18.1. The first-order valence-electron chi connectivity index (χ1n) is 19.0. The van der Waals surface area contributed by atoms with E-state index in [0.29, 0.717) is 24.9 Å². The average Bonchev–Trinajstić information content (AvgIpc) is 4.02. The molecule has 3 amide bonds. The number of H-pyrrole nitrogens is 2. The van der Waals surface area contributed by atoms with Gasteiger partial charge in [0.05, 0.1) is 35.9 Å². The standard InChI is InChI=1S/C41H48N10O4/c1-24(2)34(49-41-43-18-7-19-44-41)38(52)50-20-5-8-32(50)36-45-22-30(47-36)28-14-10-26(11-15-28)27-12-16-29(17-13-27)31-23-46-37(48-31)33-9-6-21-51(33)39(53)35(25(3)4)55-40(42)54/h7,10-19,22-25,32-35H,5-6,8-9,20-21H2,1-4H3,(H2,42,54)(H,45,47)(H,46,48)(H,43,44,49)/t32-,33-,34+,35-/m0/s1. The number of hydrogen-bond acceptors (Lipinski definition) is 9. The second-order valence-electron chi connectivity index (χ2n) is 14.9. The SMILES string of the molecule is CC(C)[C@H](OC(N)=O)C(=O)N1CCC[C@H]1c1ncc(-c2ccc(-c3ccc(-c4cnc([C@@H]5CCCN5C(=O)[C@H](Nc5ncccn5)C(C)C)[nH]4)cc3)cc2)[nH]1. The molecule has 2 aromatic carbocycles. The van der Waals surface area contributed by atoms with Crippen LogP contribution in [0.4, 0.5) is 10.7 Å². The van der Waals surface area contributed by atoms with Crippen molar-refractivity contribution in [1.29, 1.82) is 0 Å². The number of carbonyl (C=O) groups excluding carboxylic acids is 3. The number of aromatic amines is 2. The zero-order valence-electron chi connectivity index (χ0n) is 31.6. The highest BCUT2D eigenvalue weighted by Crippen LogP contribution is 2.35. The van der Waals surface area contributed by atoms with Crippen molar-refractivity contribution in [2.24, 2.45) is 17.6 Å². The molecule has 0 unspecified atom stereocenters.